The van der Waals surface area contributed by atoms with Crippen molar-refractivity contribution in [3.05, 3.63) is 30.1 Å². The maximum Gasteiger partial charge on any atom is 0.165 e. The van der Waals surface area contributed by atoms with Gasteiger partial charge in [0.1, 0.15) is 0 Å². The smallest absolute Gasteiger partial charge is 0.165 e. The summed E-state index contributed by atoms with van der Waals surface area (Å²) in [6, 6.07) is 6.73. The fourth-order valence-electron chi connectivity index (χ4n) is 2.26. The van der Waals surface area contributed by atoms with Crippen LogP contribution < -0.4 is 10.5 Å². The molecule has 2 N–H and O–H groups in total. The Morgan fingerprint density at radius 3 is 2.74 bits per heavy atom. The Morgan fingerprint density at radius 1 is 1.32 bits per heavy atom. The third-order valence-electron chi connectivity index (χ3n) is 3.38. The molecule has 0 aromatic heterocycles. The lowest BCUT2D eigenvalue weighted by molar-refractivity contribution is 0.0140. The topological polar surface area (TPSA) is 47.7 Å². The first-order chi connectivity index (χ1) is 9.31. The van der Waals surface area contributed by atoms with Crippen molar-refractivity contribution in [1.29, 1.82) is 0 Å². The van der Waals surface area contributed by atoms with Gasteiger partial charge in [-0.15, -0.1) is 0 Å². The third-order valence-corrected chi connectivity index (χ3v) is 3.38. The molecule has 2 rings (SSSR count). The minimum Gasteiger partial charge on any atom is -0.490 e. The van der Waals surface area contributed by atoms with Crippen LogP contribution in [0.5, 0.6) is 5.75 Å². The molecule has 0 spiro atoms. The Hall–Kier alpha value is -1.17. The van der Waals surface area contributed by atoms with Crippen molar-refractivity contribution in [2.24, 2.45) is 5.73 Å². The van der Waals surface area contributed by atoms with Crippen molar-refractivity contribution in [2.75, 3.05) is 39.5 Å². The number of benzene rings is 1. The number of halogens is 1. The van der Waals surface area contributed by atoms with Crippen molar-refractivity contribution in [2.45, 2.75) is 12.5 Å². The van der Waals surface area contributed by atoms with Gasteiger partial charge in [0.15, 0.2) is 11.6 Å². The predicted molar refractivity (Wildman–Crippen MR) is 71.7 cm³/mol. The van der Waals surface area contributed by atoms with E-state index in [-0.39, 0.29) is 11.9 Å². The molecule has 1 unspecified atom stereocenters. The lowest BCUT2D eigenvalue weighted by atomic mass is 10.1. The molecule has 0 aliphatic carbocycles. The Balaban J connectivity index is 1.78. The molecular weight excluding hydrogens is 247 g/mol. The SMILES string of the molecule is NCC(CCOc1ccccc1F)N1CCOCC1. The molecule has 1 fully saturated rings. The Labute approximate surface area is 113 Å². The molecule has 4 nitrogen and oxygen atoms in total. The zero-order valence-electron chi connectivity index (χ0n) is 11.1. The van der Waals surface area contributed by atoms with Crippen molar-refractivity contribution in [3.8, 4) is 5.75 Å². The van der Waals surface area contributed by atoms with Crippen LogP contribution >= 0.6 is 0 Å². The molecule has 0 radical (unpaired) electrons. The number of rotatable bonds is 6. The molecule has 0 saturated carbocycles. The summed E-state index contributed by atoms with van der Waals surface area (Å²) in [5.41, 5.74) is 5.80. The Morgan fingerprint density at radius 2 is 2.05 bits per heavy atom. The van der Waals surface area contributed by atoms with E-state index in [1.54, 1.807) is 18.2 Å². The molecule has 0 amide bonds. The van der Waals surface area contributed by atoms with Gasteiger partial charge in [-0.3, -0.25) is 4.90 Å². The second-order valence-electron chi connectivity index (χ2n) is 4.61. The minimum atomic E-state index is -0.321. The van der Waals surface area contributed by atoms with Crippen LogP contribution in [0.4, 0.5) is 4.39 Å². The van der Waals surface area contributed by atoms with E-state index < -0.39 is 0 Å². The van der Waals surface area contributed by atoms with Gasteiger partial charge in [0.2, 0.25) is 0 Å². The lowest BCUT2D eigenvalue weighted by Gasteiger charge is -2.33. The van der Waals surface area contributed by atoms with Gasteiger partial charge in [-0.2, -0.15) is 0 Å². The van der Waals surface area contributed by atoms with Crippen LogP contribution in [0.3, 0.4) is 0 Å². The van der Waals surface area contributed by atoms with Gasteiger partial charge in [-0.1, -0.05) is 12.1 Å². The summed E-state index contributed by atoms with van der Waals surface area (Å²) in [5.74, 6) is -0.0154. The molecule has 1 aliphatic heterocycles. The van der Waals surface area contributed by atoms with E-state index in [0.29, 0.717) is 18.9 Å². The van der Waals surface area contributed by atoms with Gasteiger partial charge in [0.05, 0.1) is 19.8 Å². The summed E-state index contributed by atoms with van der Waals surface area (Å²) in [4.78, 5) is 2.31. The molecule has 1 atom stereocenters. The minimum absolute atomic E-state index is 0.274. The monoisotopic (exact) mass is 268 g/mol. The maximum atomic E-state index is 13.4. The molecule has 0 bridgehead atoms. The number of morpholine rings is 1. The van der Waals surface area contributed by atoms with E-state index in [4.69, 9.17) is 15.2 Å². The number of ether oxygens (including phenoxy) is 2. The maximum absolute atomic E-state index is 13.4. The van der Waals surface area contributed by atoms with E-state index in [0.717, 1.165) is 32.7 Å². The summed E-state index contributed by atoms with van der Waals surface area (Å²) in [5, 5.41) is 0. The van der Waals surface area contributed by atoms with Gasteiger partial charge < -0.3 is 15.2 Å². The average Bonchev–Trinajstić information content (AvgIpc) is 2.46. The highest BCUT2D eigenvalue weighted by Gasteiger charge is 2.19. The molecule has 5 heteroatoms. The molecular formula is C14H21FN2O2. The standard InChI is InChI=1S/C14H21FN2O2/c15-13-3-1-2-4-14(13)19-8-5-12(11-16)17-6-9-18-10-7-17/h1-4,12H,5-11,16H2. The highest BCUT2D eigenvalue weighted by atomic mass is 19.1. The molecule has 1 heterocycles. The highest BCUT2D eigenvalue weighted by molar-refractivity contribution is 5.23. The van der Waals surface area contributed by atoms with E-state index >= 15 is 0 Å². The van der Waals surface area contributed by atoms with Gasteiger partial charge in [0, 0.05) is 25.7 Å². The third kappa shape index (κ3) is 4.16. The molecule has 1 aromatic rings. The van der Waals surface area contributed by atoms with Crippen LogP contribution in [-0.2, 0) is 4.74 Å². The summed E-state index contributed by atoms with van der Waals surface area (Å²) < 4.78 is 24.2. The van der Waals surface area contributed by atoms with E-state index in [1.807, 2.05) is 0 Å². The van der Waals surface area contributed by atoms with Gasteiger partial charge in [-0.25, -0.2) is 4.39 Å². The second kappa shape index (κ2) is 7.43. The number of para-hydroxylation sites is 1. The van der Waals surface area contributed by atoms with Gasteiger partial charge >= 0.3 is 0 Å². The Bertz CT molecular complexity index is 383. The van der Waals surface area contributed by atoms with Crippen LogP contribution in [0.15, 0.2) is 24.3 Å². The number of nitrogens with zero attached hydrogens (tertiary/aromatic N) is 1. The van der Waals surface area contributed by atoms with Crippen LogP contribution in [0.2, 0.25) is 0 Å². The summed E-state index contributed by atoms with van der Waals surface area (Å²) in [6.07, 6.45) is 0.796. The molecule has 19 heavy (non-hydrogen) atoms. The zero-order chi connectivity index (χ0) is 13.5. The average molecular weight is 268 g/mol. The van der Waals surface area contributed by atoms with Crippen molar-refractivity contribution in [3.63, 3.8) is 0 Å². The number of hydrogen-bond donors (Lipinski definition) is 1. The molecule has 106 valence electrons. The normalized spacial score (nSPS) is 18.2. The fraction of sp³-hybridized carbons (Fsp3) is 0.571. The number of nitrogens with two attached hydrogens (primary N) is 1. The fourth-order valence-corrected chi connectivity index (χ4v) is 2.26. The molecule has 1 aliphatic rings. The second-order valence-corrected chi connectivity index (χ2v) is 4.61. The Kier molecular flexibility index (Phi) is 5.57. The first-order valence-electron chi connectivity index (χ1n) is 6.70. The quantitative estimate of drug-likeness (QED) is 0.843. The predicted octanol–water partition coefficient (Wildman–Crippen LogP) is 1.25. The summed E-state index contributed by atoms with van der Waals surface area (Å²) >= 11 is 0. The van der Waals surface area contributed by atoms with E-state index in [1.165, 1.54) is 6.07 Å². The number of hydrogen-bond acceptors (Lipinski definition) is 4. The van der Waals surface area contributed by atoms with Crippen LogP contribution in [0, 0.1) is 5.82 Å². The van der Waals surface area contributed by atoms with Gasteiger partial charge in [0.25, 0.3) is 0 Å². The van der Waals surface area contributed by atoms with Crippen molar-refractivity contribution in [1.82, 2.24) is 4.90 Å². The summed E-state index contributed by atoms with van der Waals surface area (Å²) in [7, 11) is 0. The zero-order valence-corrected chi connectivity index (χ0v) is 11.1. The van der Waals surface area contributed by atoms with Crippen LogP contribution in [0.1, 0.15) is 6.42 Å². The largest absolute Gasteiger partial charge is 0.490 e. The molecule has 1 aromatic carbocycles. The van der Waals surface area contributed by atoms with Crippen LogP contribution in [0.25, 0.3) is 0 Å². The van der Waals surface area contributed by atoms with Crippen molar-refractivity contribution >= 4 is 0 Å². The van der Waals surface area contributed by atoms with E-state index in [2.05, 4.69) is 4.90 Å². The molecule has 1 saturated heterocycles. The van der Waals surface area contributed by atoms with E-state index in [9.17, 15) is 4.39 Å². The van der Waals surface area contributed by atoms with Gasteiger partial charge in [-0.05, 0) is 18.6 Å². The summed E-state index contributed by atoms with van der Waals surface area (Å²) in [6.45, 7) is 4.37. The highest BCUT2D eigenvalue weighted by Crippen LogP contribution is 2.16. The van der Waals surface area contributed by atoms with Crippen LogP contribution in [-0.4, -0.2) is 50.4 Å². The first-order valence-corrected chi connectivity index (χ1v) is 6.70. The van der Waals surface area contributed by atoms with Crippen molar-refractivity contribution < 1.29 is 13.9 Å². The first kappa shape index (κ1) is 14.2. The lowest BCUT2D eigenvalue weighted by Crippen LogP contribution is -2.47.